The van der Waals surface area contributed by atoms with Crippen molar-refractivity contribution in [2.75, 3.05) is 5.32 Å². The number of benzene rings is 1. The molecule has 0 aliphatic heterocycles. The lowest BCUT2D eigenvalue weighted by Gasteiger charge is -2.12. The second-order valence-electron chi connectivity index (χ2n) is 6.66. The number of alkyl halides is 3. The topological polar surface area (TPSA) is 68.3 Å². The SMILES string of the molecule is CCCCCCCC(=O)Oc1ccc(Cl)cc1C(=O)Nc1ccc(C(F)(F)F)nc1. The maximum absolute atomic E-state index is 12.6. The number of esters is 1. The van der Waals surface area contributed by atoms with E-state index in [4.69, 9.17) is 16.3 Å². The number of ether oxygens (including phenoxy) is 1. The van der Waals surface area contributed by atoms with Crippen molar-refractivity contribution in [2.45, 2.75) is 51.6 Å². The summed E-state index contributed by atoms with van der Waals surface area (Å²) in [7, 11) is 0. The number of rotatable bonds is 9. The summed E-state index contributed by atoms with van der Waals surface area (Å²) in [5.41, 5.74) is -1.03. The minimum absolute atomic E-state index is 0.0123. The van der Waals surface area contributed by atoms with Gasteiger partial charge in [0.15, 0.2) is 0 Å². The molecule has 0 saturated carbocycles. The van der Waals surface area contributed by atoms with E-state index in [2.05, 4.69) is 17.2 Å². The van der Waals surface area contributed by atoms with Crippen molar-refractivity contribution in [1.29, 1.82) is 0 Å². The Morgan fingerprint density at radius 1 is 1.10 bits per heavy atom. The van der Waals surface area contributed by atoms with Crippen molar-refractivity contribution < 1.29 is 27.5 Å². The van der Waals surface area contributed by atoms with Gasteiger partial charge in [0.05, 0.1) is 17.4 Å². The number of halogens is 4. The van der Waals surface area contributed by atoms with Crippen molar-refractivity contribution >= 4 is 29.2 Å². The summed E-state index contributed by atoms with van der Waals surface area (Å²) in [5.74, 6) is -1.14. The molecule has 1 heterocycles. The summed E-state index contributed by atoms with van der Waals surface area (Å²) in [6.45, 7) is 2.10. The lowest BCUT2D eigenvalue weighted by Crippen LogP contribution is -2.16. The lowest BCUT2D eigenvalue weighted by molar-refractivity contribution is -0.141. The maximum Gasteiger partial charge on any atom is 0.433 e. The molecule has 0 atom stereocenters. The molecule has 0 aliphatic carbocycles. The first-order valence-corrected chi connectivity index (χ1v) is 9.93. The van der Waals surface area contributed by atoms with Crippen molar-refractivity contribution in [3.8, 4) is 5.75 Å². The van der Waals surface area contributed by atoms with Crippen LogP contribution < -0.4 is 10.1 Å². The molecule has 1 aromatic carbocycles. The Kier molecular flexibility index (Phi) is 8.65. The number of anilines is 1. The molecular weight excluding hydrogens is 421 g/mol. The highest BCUT2D eigenvalue weighted by molar-refractivity contribution is 6.31. The van der Waals surface area contributed by atoms with Gasteiger partial charge in [0.25, 0.3) is 5.91 Å². The number of pyridine rings is 1. The van der Waals surface area contributed by atoms with Gasteiger partial charge in [-0.2, -0.15) is 13.2 Å². The third-order valence-corrected chi connectivity index (χ3v) is 4.44. The van der Waals surface area contributed by atoms with Gasteiger partial charge in [-0.25, -0.2) is 4.98 Å². The molecule has 0 spiro atoms. The van der Waals surface area contributed by atoms with Crippen LogP contribution in [0.5, 0.6) is 5.75 Å². The predicted octanol–water partition coefficient (Wildman–Crippen LogP) is 6.27. The monoisotopic (exact) mass is 442 g/mol. The summed E-state index contributed by atoms with van der Waals surface area (Å²) in [4.78, 5) is 28.0. The molecule has 0 saturated heterocycles. The average molecular weight is 443 g/mol. The molecule has 30 heavy (non-hydrogen) atoms. The number of unbranched alkanes of at least 4 members (excludes halogenated alkanes) is 4. The van der Waals surface area contributed by atoms with Gasteiger partial charge < -0.3 is 10.1 Å². The van der Waals surface area contributed by atoms with E-state index in [-0.39, 0.29) is 28.4 Å². The first kappa shape index (κ1) is 23.7. The van der Waals surface area contributed by atoms with Crippen LogP contribution in [0, 0.1) is 0 Å². The molecular formula is C21H22ClF3N2O3. The summed E-state index contributed by atoms with van der Waals surface area (Å²) >= 11 is 5.95. The minimum atomic E-state index is -4.58. The quantitative estimate of drug-likeness (QED) is 0.282. The molecule has 162 valence electrons. The Bertz CT molecular complexity index is 871. The number of nitrogens with zero attached hydrogens (tertiary/aromatic N) is 1. The molecule has 0 bridgehead atoms. The molecule has 2 aromatic rings. The van der Waals surface area contributed by atoms with Crippen LogP contribution in [0.4, 0.5) is 18.9 Å². The van der Waals surface area contributed by atoms with Gasteiger partial charge in [0, 0.05) is 11.4 Å². The highest BCUT2D eigenvalue weighted by Gasteiger charge is 2.32. The van der Waals surface area contributed by atoms with Gasteiger partial charge in [-0.15, -0.1) is 0 Å². The number of hydrogen-bond donors (Lipinski definition) is 1. The molecule has 0 unspecified atom stereocenters. The molecule has 9 heteroatoms. The summed E-state index contributed by atoms with van der Waals surface area (Å²) in [6.07, 6.45) is 1.39. The Morgan fingerprint density at radius 3 is 2.47 bits per heavy atom. The van der Waals surface area contributed by atoms with E-state index in [1.165, 1.54) is 18.2 Å². The van der Waals surface area contributed by atoms with Crippen molar-refractivity contribution in [1.82, 2.24) is 4.98 Å². The van der Waals surface area contributed by atoms with Crippen LogP contribution in [0.15, 0.2) is 36.5 Å². The Morgan fingerprint density at radius 2 is 1.83 bits per heavy atom. The zero-order valence-electron chi connectivity index (χ0n) is 16.4. The van der Waals surface area contributed by atoms with E-state index in [1.807, 2.05) is 0 Å². The fourth-order valence-corrected chi connectivity index (χ4v) is 2.82. The standard InChI is InChI=1S/C21H22ClF3N2O3/c1-2-3-4-5-6-7-19(28)30-17-10-8-14(22)12-16(17)20(29)27-15-9-11-18(26-13-15)21(23,24)25/h8-13H,2-7H2,1H3,(H,27,29). The lowest BCUT2D eigenvalue weighted by atomic mass is 10.1. The molecule has 1 N–H and O–H groups in total. The van der Waals surface area contributed by atoms with Gasteiger partial charge in [0.1, 0.15) is 11.4 Å². The smallest absolute Gasteiger partial charge is 0.426 e. The van der Waals surface area contributed by atoms with E-state index in [0.717, 1.165) is 44.0 Å². The molecule has 2 rings (SSSR count). The van der Waals surface area contributed by atoms with E-state index in [0.29, 0.717) is 6.42 Å². The Balaban J connectivity index is 2.04. The van der Waals surface area contributed by atoms with E-state index in [1.54, 1.807) is 0 Å². The number of hydrogen-bond acceptors (Lipinski definition) is 4. The van der Waals surface area contributed by atoms with Gasteiger partial charge in [-0.1, -0.05) is 44.2 Å². The highest BCUT2D eigenvalue weighted by atomic mass is 35.5. The number of nitrogens with one attached hydrogen (secondary N) is 1. The zero-order valence-corrected chi connectivity index (χ0v) is 17.1. The fourth-order valence-electron chi connectivity index (χ4n) is 2.65. The third-order valence-electron chi connectivity index (χ3n) is 4.21. The van der Waals surface area contributed by atoms with Crippen molar-refractivity contribution in [3.05, 3.63) is 52.8 Å². The minimum Gasteiger partial charge on any atom is -0.426 e. The van der Waals surface area contributed by atoms with E-state index >= 15 is 0 Å². The normalized spacial score (nSPS) is 11.2. The fraction of sp³-hybridized carbons (Fsp3) is 0.381. The van der Waals surface area contributed by atoms with Crippen LogP contribution in [0.25, 0.3) is 0 Å². The Labute approximate surface area is 177 Å². The average Bonchev–Trinajstić information content (AvgIpc) is 2.69. The van der Waals surface area contributed by atoms with Crippen LogP contribution in [0.1, 0.15) is 61.5 Å². The van der Waals surface area contributed by atoms with E-state index in [9.17, 15) is 22.8 Å². The van der Waals surface area contributed by atoms with Crippen LogP contribution in [-0.4, -0.2) is 16.9 Å². The molecule has 5 nitrogen and oxygen atoms in total. The maximum atomic E-state index is 12.6. The predicted molar refractivity (Wildman–Crippen MR) is 108 cm³/mol. The highest BCUT2D eigenvalue weighted by Crippen LogP contribution is 2.28. The van der Waals surface area contributed by atoms with E-state index < -0.39 is 23.7 Å². The second kappa shape index (κ2) is 11.0. The summed E-state index contributed by atoms with van der Waals surface area (Å²) in [6, 6.07) is 6.03. The van der Waals surface area contributed by atoms with Gasteiger partial charge >= 0.3 is 12.1 Å². The van der Waals surface area contributed by atoms with Gasteiger partial charge in [-0.3, -0.25) is 9.59 Å². The molecule has 1 aromatic heterocycles. The van der Waals surface area contributed by atoms with Crippen LogP contribution >= 0.6 is 11.6 Å². The van der Waals surface area contributed by atoms with Crippen LogP contribution in [0.2, 0.25) is 5.02 Å². The van der Waals surface area contributed by atoms with Gasteiger partial charge in [-0.05, 0) is 36.8 Å². The number of carbonyl (C=O) groups excluding carboxylic acids is 2. The number of carbonyl (C=O) groups is 2. The molecule has 0 radical (unpaired) electrons. The summed E-state index contributed by atoms with van der Waals surface area (Å²) < 4.78 is 43.1. The molecule has 1 amide bonds. The van der Waals surface area contributed by atoms with Crippen LogP contribution in [0.3, 0.4) is 0 Å². The second-order valence-corrected chi connectivity index (χ2v) is 7.10. The first-order chi connectivity index (χ1) is 14.2. The molecule has 0 fully saturated rings. The number of amides is 1. The molecule has 0 aliphatic rings. The Hall–Kier alpha value is -2.61. The van der Waals surface area contributed by atoms with Crippen molar-refractivity contribution in [3.63, 3.8) is 0 Å². The van der Waals surface area contributed by atoms with Crippen molar-refractivity contribution in [2.24, 2.45) is 0 Å². The summed E-state index contributed by atoms with van der Waals surface area (Å²) in [5, 5.41) is 2.67. The largest absolute Gasteiger partial charge is 0.433 e. The third kappa shape index (κ3) is 7.33. The van der Waals surface area contributed by atoms with Gasteiger partial charge in [0.2, 0.25) is 0 Å². The number of aromatic nitrogens is 1. The van der Waals surface area contributed by atoms with Crippen LogP contribution in [-0.2, 0) is 11.0 Å². The zero-order chi connectivity index (χ0) is 22.1. The first-order valence-electron chi connectivity index (χ1n) is 9.55.